The number of halogens is 3. The Morgan fingerprint density at radius 1 is 1.03 bits per heavy atom. The third-order valence-corrected chi connectivity index (χ3v) is 6.06. The largest absolute Gasteiger partial charge is 0.497 e. The lowest BCUT2D eigenvalue weighted by molar-refractivity contribution is -0.137. The van der Waals surface area contributed by atoms with Gasteiger partial charge in [0.1, 0.15) is 18.1 Å². The summed E-state index contributed by atoms with van der Waals surface area (Å²) in [6.07, 6.45) is -4.57. The van der Waals surface area contributed by atoms with Gasteiger partial charge in [-0.05, 0) is 73.0 Å². The Morgan fingerprint density at radius 3 is 2.53 bits per heavy atom. The molecular formula is C28H26F3N3O4. The first-order valence-electron chi connectivity index (χ1n) is 11.8. The fourth-order valence-corrected chi connectivity index (χ4v) is 4.04. The summed E-state index contributed by atoms with van der Waals surface area (Å²) in [5.74, 6) is -0.778. The maximum atomic E-state index is 13.7. The summed E-state index contributed by atoms with van der Waals surface area (Å²) in [7, 11) is 1.59. The predicted molar refractivity (Wildman–Crippen MR) is 137 cm³/mol. The molecule has 1 atom stereocenters. The highest BCUT2D eigenvalue weighted by Gasteiger charge is 2.31. The first kappa shape index (κ1) is 26.9. The summed E-state index contributed by atoms with van der Waals surface area (Å²) in [6.45, 7) is 4.16. The molecule has 3 aromatic carbocycles. The lowest BCUT2D eigenvalue weighted by Gasteiger charge is -2.17. The van der Waals surface area contributed by atoms with E-state index in [1.54, 1.807) is 38.3 Å². The number of carboxylic acids is 1. The number of hydrogen-bond donors (Lipinski definition) is 2. The molecule has 0 aliphatic heterocycles. The molecule has 198 valence electrons. The van der Waals surface area contributed by atoms with Crippen molar-refractivity contribution in [2.24, 2.45) is 0 Å². The van der Waals surface area contributed by atoms with E-state index >= 15 is 0 Å². The summed E-state index contributed by atoms with van der Waals surface area (Å²) in [4.78, 5) is 19.2. The van der Waals surface area contributed by atoms with Crippen molar-refractivity contribution in [3.8, 4) is 22.6 Å². The van der Waals surface area contributed by atoms with Gasteiger partial charge in [-0.3, -0.25) is 0 Å². The second kappa shape index (κ2) is 11.1. The zero-order chi connectivity index (χ0) is 27.4. The lowest BCUT2D eigenvalue weighted by atomic mass is 10.00. The molecule has 38 heavy (non-hydrogen) atoms. The summed E-state index contributed by atoms with van der Waals surface area (Å²) in [5, 5.41) is 13.0. The number of methoxy groups -OCH3 is 1. The van der Waals surface area contributed by atoms with Crippen LogP contribution >= 0.6 is 0 Å². The van der Waals surface area contributed by atoms with E-state index in [4.69, 9.17) is 9.47 Å². The van der Waals surface area contributed by atoms with Crippen LogP contribution in [0, 0.1) is 6.92 Å². The maximum Gasteiger partial charge on any atom is 0.416 e. The predicted octanol–water partition coefficient (Wildman–Crippen LogP) is 6.06. The van der Waals surface area contributed by atoms with Crippen LogP contribution in [0.2, 0.25) is 0 Å². The maximum absolute atomic E-state index is 13.7. The first-order chi connectivity index (χ1) is 18.0. The molecule has 1 aromatic heterocycles. The lowest BCUT2D eigenvalue weighted by Crippen LogP contribution is -2.24. The number of ether oxygens (including phenoxy) is 2. The Kier molecular flexibility index (Phi) is 7.82. The zero-order valence-electron chi connectivity index (χ0n) is 21.0. The number of rotatable bonds is 9. The second-order valence-corrected chi connectivity index (χ2v) is 8.71. The van der Waals surface area contributed by atoms with Gasteiger partial charge < -0.3 is 19.9 Å². The van der Waals surface area contributed by atoms with Crippen molar-refractivity contribution in [1.29, 1.82) is 0 Å². The van der Waals surface area contributed by atoms with E-state index < -0.39 is 17.7 Å². The fraction of sp³-hybridized carbons (Fsp3) is 0.250. The SMILES string of the molecule is COc1cccc([C@@H](C)NCCOc2cc(-c3ccc4nc(C(=O)O)nc(C)c4c3)cc(C(F)(F)F)c2)c1. The molecule has 0 amide bonds. The monoisotopic (exact) mass is 525 g/mol. The number of alkyl halides is 3. The molecule has 0 saturated heterocycles. The van der Waals surface area contributed by atoms with Gasteiger partial charge >= 0.3 is 12.1 Å². The number of fused-ring (bicyclic) bond motifs is 1. The minimum absolute atomic E-state index is 0.0181. The fourth-order valence-electron chi connectivity index (χ4n) is 4.04. The third-order valence-electron chi connectivity index (χ3n) is 6.06. The normalized spacial score (nSPS) is 12.4. The number of hydrogen-bond acceptors (Lipinski definition) is 6. The van der Waals surface area contributed by atoms with Crippen molar-refractivity contribution in [2.75, 3.05) is 20.3 Å². The molecule has 2 N–H and O–H groups in total. The molecule has 0 aliphatic rings. The van der Waals surface area contributed by atoms with Gasteiger partial charge in [-0.1, -0.05) is 18.2 Å². The number of carbonyl (C=O) groups is 1. The van der Waals surface area contributed by atoms with Crippen molar-refractivity contribution in [2.45, 2.75) is 26.1 Å². The number of nitrogens with zero attached hydrogens (tertiary/aromatic N) is 2. The van der Waals surface area contributed by atoms with Crippen LogP contribution in [0.25, 0.3) is 22.0 Å². The van der Waals surface area contributed by atoms with Crippen LogP contribution in [0.15, 0.2) is 60.7 Å². The number of aryl methyl sites for hydroxylation is 1. The molecule has 1 heterocycles. The Morgan fingerprint density at radius 2 is 1.82 bits per heavy atom. The molecular weight excluding hydrogens is 499 g/mol. The molecule has 0 fully saturated rings. The number of carboxylic acid groups (broad SMARTS) is 1. The number of nitrogens with one attached hydrogen (secondary N) is 1. The quantitative estimate of drug-likeness (QED) is 0.257. The zero-order valence-corrected chi connectivity index (χ0v) is 21.0. The van der Waals surface area contributed by atoms with Crippen LogP contribution in [0.3, 0.4) is 0 Å². The van der Waals surface area contributed by atoms with Gasteiger partial charge in [0.05, 0.1) is 18.2 Å². The standard InChI is InChI=1S/C28H26F3N3O4/c1-16(18-5-4-6-22(12-18)37-3)32-9-10-38-23-13-20(11-21(15-23)28(29,30)31)19-7-8-25-24(14-19)17(2)33-26(34-25)27(35)36/h4-8,11-16,32H,9-10H2,1-3H3,(H,35,36)/t16-/m1/s1. The van der Waals surface area contributed by atoms with Gasteiger partial charge in [-0.25, -0.2) is 14.8 Å². The Labute approximate surface area is 217 Å². The first-order valence-corrected chi connectivity index (χ1v) is 11.8. The van der Waals surface area contributed by atoms with Gasteiger partial charge in [0, 0.05) is 23.7 Å². The molecule has 4 rings (SSSR count). The van der Waals surface area contributed by atoms with Gasteiger partial charge in [0.25, 0.3) is 0 Å². The average molecular weight is 526 g/mol. The molecule has 0 saturated carbocycles. The van der Waals surface area contributed by atoms with Crippen LogP contribution in [0.4, 0.5) is 13.2 Å². The van der Waals surface area contributed by atoms with E-state index in [2.05, 4.69) is 15.3 Å². The van der Waals surface area contributed by atoms with E-state index in [-0.39, 0.29) is 24.2 Å². The van der Waals surface area contributed by atoms with Crippen molar-refractivity contribution >= 4 is 16.9 Å². The Bertz CT molecular complexity index is 1470. The number of benzene rings is 3. The summed E-state index contributed by atoms with van der Waals surface area (Å²) >= 11 is 0. The van der Waals surface area contributed by atoms with E-state index in [0.29, 0.717) is 34.3 Å². The highest BCUT2D eigenvalue weighted by Crippen LogP contribution is 2.36. The highest BCUT2D eigenvalue weighted by molar-refractivity contribution is 5.90. The minimum Gasteiger partial charge on any atom is -0.497 e. The molecule has 0 radical (unpaired) electrons. The van der Waals surface area contributed by atoms with E-state index in [1.165, 1.54) is 0 Å². The van der Waals surface area contributed by atoms with Crippen molar-refractivity contribution in [3.63, 3.8) is 0 Å². The van der Waals surface area contributed by atoms with Gasteiger partial charge in [0.2, 0.25) is 5.82 Å². The minimum atomic E-state index is -4.57. The average Bonchev–Trinajstić information content (AvgIpc) is 2.90. The van der Waals surface area contributed by atoms with Crippen LogP contribution < -0.4 is 14.8 Å². The molecule has 0 bridgehead atoms. The van der Waals surface area contributed by atoms with Crippen molar-refractivity contribution in [1.82, 2.24) is 15.3 Å². The summed E-state index contributed by atoms with van der Waals surface area (Å²) in [5.41, 5.74) is 1.77. The smallest absolute Gasteiger partial charge is 0.416 e. The third kappa shape index (κ3) is 6.20. The van der Waals surface area contributed by atoms with Crippen LogP contribution in [-0.2, 0) is 6.18 Å². The Hall–Kier alpha value is -4.18. The van der Waals surface area contributed by atoms with Crippen molar-refractivity contribution in [3.05, 3.63) is 83.3 Å². The van der Waals surface area contributed by atoms with Gasteiger partial charge in [-0.2, -0.15) is 13.2 Å². The second-order valence-electron chi connectivity index (χ2n) is 8.71. The number of aromatic nitrogens is 2. The molecule has 4 aromatic rings. The van der Waals surface area contributed by atoms with Crippen molar-refractivity contribution < 1.29 is 32.5 Å². The van der Waals surface area contributed by atoms with Crippen LogP contribution in [0.1, 0.15) is 40.4 Å². The molecule has 0 unspecified atom stereocenters. The van der Waals surface area contributed by atoms with Gasteiger partial charge in [-0.15, -0.1) is 0 Å². The molecule has 0 aliphatic carbocycles. The summed E-state index contributed by atoms with van der Waals surface area (Å²) < 4.78 is 52.0. The van der Waals surface area contributed by atoms with E-state index in [0.717, 1.165) is 23.4 Å². The van der Waals surface area contributed by atoms with E-state index in [9.17, 15) is 23.1 Å². The Balaban J connectivity index is 1.54. The summed E-state index contributed by atoms with van der Waals surface area (Å²) in [6, 6.07) is 16.0. The topological polar surface area (TPSA) is 93.6 Å². The van der Waals surface area contributed by atoms with Crippen LogP contribution in [-0.4, -0.2) is 41.3 Å². The van der Waals surface area contributed by atoms with Crippen LogP contribution in [0.5, 0.6) is 11.5 Å². The van der Waals surface area contributed by atoms with E-state index in [1.807, 2.05) is 31.2 Å². The molecule has 7 nitrogen and oxygen atoms in total. The number of aromatic carboxylic acids is 1. The highest BCUT2D eigenvalue weighted by atomic mass is 19.4. The molecule has 10 heteroatoms. The molecule has 0 spiro atoms. The van der Waals surface area contributed by atoms with Gasteiger partial charge in [0.15, 0.2) is 0 Å².